The zero-order valence-electron chi connectivity index (χ0n) is 10.9. The molecule has 105 valence electrons. The Morgan fingerprint density at radius 2 is 2.10 bits per heavy atom. The summed E-state index contributed by atoms with van der Waals surface area (Å²) in [6.45, 7) is 1.94. The molecule has 0 aliphatic heterocycles. The van der Waals surface area contributed by atoms with Crippen LogP contribution in [0.3, 0.4) is 0 Å². The third-order valence-electron chi connectivity index (χ3n) is 2.69. The maximum Gasteiger partial charge on any atom is 0.458 e. The van der Waals surface area contributed by atoms with Crippen molar-refractivity contribution in [2.45, 2.75) is 19.4 Å². The van der Waals surface area contributed by atoms with Gasteiger partial charge in [-0.05, 0) is 18.6 Å². The molecule has 0 saturated heterocycles. The van der Waals surface area contributed by atoms with E-state index in [9.17, 15) is 15.5 Å². The summed E-state index contributed by atoms with van der Waals surface area (Å²) < 4.78 is 5.69. The first-order valence-corrected chi connectivity index (χ1v) is 5.76. The largest absolute Gasteiger partial charge is 0.739 e. The van der Waals surface area contributed by atoms with Gasteiger partial charge in [-0.3, -0.25) is 5.73 Å². The zero-order chi connectivity index (χ0) is 14.0. The SMILES string of the molecule is CCC(O)COc1ccc2c(c1)[n+]([O-])nc(N)[n+]2[O-].[Ac]. The van der Waals surface area contributed by atoms with Crippen LogP contribution in [-0.2, 0) is 0 Å². The van der Waals surface area contributed by atoms with Crippen molar-refractivity contribution in [3.05, 3.63) is 28.6 Å². The molecule has 1 aromatic heterocycles. The molecule has 1 aromatic carbocycles. The number of hydrogen-bond donors (Lipinski definition) is 2. The second kappa shape index (κ2) is 7.20. The summed E-state index contributed by atoms with van der Waals surface area (Å²) in [5, 5.41) is 35.9. The molecular formula is C11H14AcN4O4. The Kier molecular flexibility index (Phi) is 6.17. The van der Waals surface area contributed by atoms with E-state index in [4.69, 9.17) is 10.5 Å². The van der Waals surface area contributed by atoms with Crippen LogP contribution in [0, 0.1) is 54.5 Å². The average molecular weight is 493 g/mol. The van der Waals surface area contributed by atoms with E-state index in [0.717, 1.165) is 0 Å². The van der Waals surface area contributed by atoms with Crippen molar-refractivity contribution in [2.75, 3.05) is 12.3 Å². The summed E-state index contributed by atoms with van der Waals surface area (Å²) >= 11 is 0. The number of benzene rings is 1. The second-order valence-electron chi connectivity index (χ2n) is 4.05. The number of aliphatic hydroxyl groups is 1. The Morgan fingerprint density at radius 1 is 1.40 bits per heavy atom. The van der Waals surface area contributed by atoms with Crippen molar-refractivity contribution in [1.29, 1.82) is 0 Å². The van der Waals surface area contributed by atoms with Gasteiger partial charge in [0, 0.05) is 48.9 Å². The second-order valence-corrected chi connectivity index (χ2v) is 4.05. The number of aliphatic hydroxyl groups excluding tert-OH is 1. The van der Waals surface area contributed by atoms with E-state index in [1.807, 2.05) is 6.92 Å². The number of anilines is 1. The van der Waals surface area contributed by atoms with Gasteiger partial charge in [0.1, 0.15) is 12.4 Å². The molecule has 0 bridgehead atoms. The first-order chi connectivity index (χ1) is 9.02. The van der Waals surface area contributed by atoms with Crippen molar-refractivity contribution in [3.63, 3.8) is 0 Å². The summed E-state index contributed by atoms with van der Waals surface area (Å²) in [5.74, 6) is -0.0475. The van der Waals surface area contributed by atoms with Crippen LogP contribution in [0.4, 0.5) is 5.95 Å². The van der Waals surface area contributed by atoms with E-state index < -0.39 is 12.1 Å². The number of rotatable bonds is 4. The first kappa shape index (κ1) is 17.1. The van der Waals surface area contributed by atoms with Gasteiger partial charge in [0.2, 0.25) is 5.10 Å². The Hall–Kier alpha value is -0.908. The normalized spacial score (nSPS) is 11.9. The summed E-state index contributed by atoms with van der Waals surface area (Å²) in [6, 6.07) is 4.33. The molecular weight excluding hydrogens is 479 g/mol. The molecule has 0 fully saturated rings. The molecule has 0 saturated carbocycles. The predicted octanol–water partition coefficient (Wildman–Crippen LogP) is -0.766. The molecule has 0 amide bonds. The van der Waals surface area contributed by atoms with Crippen LogP contribution in [0.1, 0.15) is 13.3 Å². The van der Waals surface area contributed by atoms with Crippen molar-refractivity contribution < 1.29 is 63.5 Å². The molecule has 0 aliphatic carbocycles. The Bertz CT molecular complexity index is 610. The number of nitrogens with two attached hydrogens (primary N) is 1. The zero-order valence-corrected chi connectivity index (χ0v) is 15.6. The molecule has 0 aliphatic rings. The Morgan fingerprint density at radius 3 is 2.75 bits per heavy atom. The fraction of sp³-hybridized carbons (Fsp3) is 0.364. The van der Waals surface area contributed by atoms with Crippen LogP contribution in [0.5, 0.6) is 5.75 Å². The van der Waals surface area contributed by atoms with E-state index in [1.54, 1.807) is 0 Å². The molecule has 1 radical (unpaired) electrons. The van der Waals surface area contributed by atoms with E-state index in [-0.39, 0.29) is 66.5 Å². The van der Waals surface area contributed by atoms with Gasteiger partial charge in [0.25, 0.3) is 0 Å². The predicted molar refractivity (Wildman–Crippen MR) is 65.9 cm³/mol. The summed E-state index contributed by atoms with van der Waals surface area (Å²) in [7, 11) is 0. The molecule has 1 heterocycles. The monoisotopic (exact) mass is 493 g/mol. The molecule has 2 aromatic rings. The van der Waals surface area contributed by atoms with Gasteiger partial charge in [0.05, 0.1) is 12.2 Å². The molecule has 20 heavy (non-hydrogen) atoms. The van der Waals surface area contributed by atoms with Gasteiger partial charge in [-0.25, -0.2) is 4.73 Å². The summed E-state index contributed by atoms with van der Waals surface area (Å²) in [6.07, 6.45) is -0.0163. The quantitative estimate of drug-likeness (QED) is 0.427. The molecule has 1 unspecified atom stereocenters. The molecule has 3 N–H and O–H groups in total. The van der Waals surface area contributed by atoms with Crippen LogP contribution < -0.4 is 20.0 Å². The minimum atomic E-state index is -0.580. The topological polar surface area (TPSA) is 122 Å². The minimum Gasteiger partial charge on any atom is -0.739 e. The molecule has 9 heteroatoms. The van der Waals surface area contributed by atoms with Crippen molar-refractivity contribution in [2.24, 2.45) is 0 Å². The summed E-state index contributed by atoms with van der Waals surface area (Å²) in [4.78, 5) is 0.266. The molecule has 2 rings (SSSR count). The van der Waals surface area contributed by atoms with Gasteiger partial charge in [-0.2, -0.15) is 0 Å². The smallest absolute Gasteiger partial charge is 0.458 e. The molecule has 1 atom stereocenters. The number of nitrogen functional groups attached to an aromatic ring is 1. The Labute approximate surface area is 150 Å². The molecule has 0 spiro atoms. The van der Waals surface area contributed by atoms with Crippen LogP contribution in [0.2, 0.25) is 0 Å². The maximum atomic E-state index is 11.6. The number of hydrogen-bond acceptors (Lipinski definition) is 6. The number of aromatic nitrogens is 3. The number of nitrogens with zero attached hydrogens (tertiary/aromatic N) is 3. The van der Waals surface area contributed by atoms with Crippen LogP contribution >= 0.6 is 0 Å². The molecule has 8 nitrogen and oxygen atoms in total. The van der Waals surface area contributed by atoms with E-state index >= 15 is 0 Å². The van der Waals surface area contributed by atoms with Gasteiger partial charge < -0.3 is 20.3 Å². The van der Waals surface area contributed by atoms with E-state index in [2.05, 4.69) is 5.10 Å². The van der Waals surface area contributed by atoms with Crippen molar-refractivity contribution >= 4 is 17.0 Å². The minimum absolute atomic E-state index is 0. The third-order valence-corrected chi connectivity index (χ3v) is 2.69. The van der Waals surface area contributed by atoms with Gasteiger partial charge in [0.15, 0.2) is 5.52 Å². The fourth-order valence-electron chi connectivity index (χ4n) is 1.54. The summed E-state index contributed by atoms with van der Waals surface area (Å²) in [5.41, 5.74) is 5.45. The fourth-order valence-corrected chi connectivity index (χ4v) is 1.54. The van der Waals surface area contributed by atoms with Crippen LogP contribution in [0.15, 0.2) is 18.2 Å². The third kappa shape index (κ3) is 3.59. The van der Waals surface area contributed by atoms with E-state index in [1.165, 1.54) is 18.2 Å². The van der Waals surface area contributed by atoms with E-state index in [0.29, 0.717) is 16.9 Å². The maximum absolute atomic E-state index is 11.6. The van der Waals surface area contributed by atoms with Crippen LogP contribution in [0.25, 0.3) is 11.0 Å². The average Bonchev–Trinajstić information content (AvgIpc) is 2.42. The van der Waals surface area contributed by atoms with Crippen molar-refractivity contribution in [3.8, 4) is 5.75 Å². The Balaban J connectivity index is 0.00000200. The number of fused-ring (bicyclic) bond motifs is 1. The van der Waals surface area contributed by atoms with Crippen LogP contribution in [-0.4, -0.2) is 22.9 Å². The van der Waals surface area contributed by atoms with Gasteiger partial charge in [-0.15, -0.1) is 0 Å². The number of ether oxygens (including phenoxy) is 1. The van der Waals surface area contributed by atoms with Crippen molar-refractivity contribution in [1.82, 2.24) is 5.10 Å². The van der Waals surface area contributed by atoms with Gasteiger partial charge >= 0.3 is 11.5 Å². The standard InChI is InChI=1S/C11H14N4O4.Ac/c1-2-7(16)6-19-8-3-4-9-10(5-8)15(18)13-11(12)14(9)17;/h3-5,7,16H,2,6H2,1H3,(H2,12,13);. The first-order valence-electron chi connectivity index (χ1n) is 5.76. The van der Waals surface area contributed by atoms with Gasteiger partial charge in [-0.1, -0.05) is 6.92 Å².